The summed E-state index contributed by atoms with van der Waals surface area (Å²) < 4.78 is 0. The van der Waals surface area contributed by atoms with Crippen LogP contribution in [0.2, 0.25) is 0 Å². The van der Waals surface area contributed by atoms with Crippen molar-refractivity contribution in [2.75, 3.05) is 0 Å². The lowest BCUT2D eigenvalue weighted by Gasteiger charge is -2.60. The maximum atomic E-state index is 13.7. The highest BCUT2D eigenvalue weighted by molar-refractivity contribution is 5.87. The maximum absolute atomic E-state index is 13.7. The van der Waals surface area contributed by atoms with Crippen LogP contribution in [0.5, 0.6) is 0 Å². The topological polar surface area (TPSA) is 17.1 Å². The summed E-state index contributed by atoms with van der Waals surface area (Å²) in [5.74, 6) is 6.05. The van der Waals surface area contributed by atoms with E-state index in [0.29, 0.717) is 29.0 Å². The van der Waals surface area contributed by atoms with Gasteiger partial charge in [-0.25, -0.2) is 0 Å². The lowest BCUT2D eigenvalue weighted by atomic mass is 9.43. The quantitative estimate of drug-likeness (QED) is 0.536. The van der Waals surface area contributed by atoms with Gasteiger partial charge in [0.15, 0.2) is 0 Å². The second kappa shape index (κ2) is 6.63. The Bertz CT molecular complexity index is 552. The van der Waals surface area contributed by atoms with Crippen molar-refractivity contribution in [1.29, 1.82) is 0 Å². The molecule has 1 heteroatoms. The molecule has 0 heterocycles. The van der Waals surface area contributed by atoms with Gasteiger partial charge in [-0.05, 0) is 85.4 Å². The molecule has 1 unspecified atom stereocenters. The highest BCUT2D eigenvalue weighted by atomic mass is 16.1. The first-order valence-corrected chi connectivity index (χ1v) is 11.9. The van der Waals surface area contributed by atoms with Gasteiger partial charge in [0.2, 0.25) is 0 Å². The van der Waals surface area contributed by atoms with Crippen LogP contribution in [0.15, 0.2) is 0 Å². The van der Waals surface area contributed by atoms with Crippen molar-refractivity contribution in [3.05, 3.63) is 0 Å². The predicted molar refractivity (Wildman–Crippen MR) is 109 cm³/mol. The zero-order chi connectivity index (χ0) is 18.7. The van der Waals surface area contributed by atoms with Crippen LogP contribution in [0.1, 0.15) is 98.8 Å². The number of hydrogen-bond acceptors (Lipinski definition) is 1. The molecule has 4 rings (SSSR count). The Morgan fingerprint density at radius 1 is 1.08 bits per heavy atom. The Labute approximate surface area is 162 Å². The van der Waals surface area contributed by atoms with Gasteiger partial charge >= 0.3 is 0 Å². The number of carbonyl (C=O) groups is 1. The fourth-order valence-corrected chi connectivity index (χ4v) is 8.78. The van der Waals surface area contributed by atoms with Crippen molar-refractivity contribution >= 4 is 5.78 Å². The largest absolute Gasteiger partial charge is 0.299 e. The molecule has 4 saturated carbocycles. The minimum absolute atomic E-state index is 0.000901. The van der Waals surface area contributed by atoms with Crippen molar-refractivity contribution in [2.45, 2.75) is 98.8 Å². The molecule has 0 aliphatic heterocycles. The van der Waals surface area contributed by atoms with E-state index >= 15 is 0 Å². The first-order chi connectivity index (χ1) is 12.3. The molecule has 0 N–H and O–H groups in total. The molecule has 9 atom stereocenters. The Balaban J connectivity index is 1.62. The van der Waals surface area contributed by atoms with Gasteiger partial charge in [0.05, 0.1) is 0 Å². The number of rotatable bonds is 3. The lowest BCUT2D eigenvalue weighted by molar-refractivity contribution is -0.158. The van der Waals surface area contributed by atoms with Crippen molar-refractivity contribution in [2.24, 2.45) is 52.3 Å². The summed E-state index contributed by atoms with van der Waals surface area (Å²) in [7, 11) is 0. The van der Waals surface area contributed by atoms with Crippen molar-refractivity contribution in [3.8, 4) is 0 Å². The van der Waals surface area contributed by atoms with E-state index in [1.54, 1.807) is 0 Å². The second-order valence-corrected chi connectivity index (χ2v) is 11.4. The average molecular weight is 359 g/mol. The molecule has 4 aliphatic rings. The van der Waals surface area contributed by atoms with Gasteiger partial charge < -0.3 is 0 Å². The van der Waals surface area contributed by atoms with Gasteiger partial charge in [0.1, 0.15) is 5.78 Å². The van der Waals surface area contributed by atoms with Gasteiger partial charge in [-0.1, -0.05) is 53.9 Å². The number of ketones is 1. The van der Waals surface area contributed by atoms with Crippen LogP contribution in [0.25, 0.3) is 0 Å². The molecule has 4 fully saturated rings. The summed E-state index contributed by atoms with van der Waals surface area (Å²) in [5.41, 5.74) is 0.459. The number of fused-ring (bicyclic) bond motifs is 5. The minimum Gasteiger partial charge on any atom is -0.299 e. The Morgan fingerprint density at radius 2 is 1.85 bits per heavy atom. The zero-order valence-electron chi connectivity index (χ0n) is 18.0. The van der Waals surface area contributed by atoms with Crippen LogP contribution < -0.4 is 0 Å². The predicted octanol–water partition coefficient (Wildman–Crippen LogP) is 6.90. The molecule has 0 saturated heterocycles. The van der Waals surface area contributed by atoms with Crippen LogP contribution in [0.3, 0.4) is 0 Å². The van der Waals surface area contributed by atoms with Crippen molar-refractivity contribution in [3.63, 3.8) is 0 Å². The number of hydrogen-bond donors (Lipinski definition) is 0. The molecule has 0 radical (unpaired) electrons. The fraction of sp³-hybridized carbons (Fsp3) is 0.960. The summed E-state index contributed by atoms with van der Waals surface area (Å²) >= 11 is 0. The third kappa shape index (κ3) is 2.58. The molecule has 26 heavy (non-hydrogen) atoms. The molecule has 0 aromatic carbocycles. The maximum Gasteiger partial charge on any atom is 0.139 e. The van der Waals surface area contributed by atoms with Gasteiger partial charge in [-0.3, -0.25) is 4.79 Å². The summed E-state index contributed by atoms with van der Waals surface area (Å²) in [6, 6.07) is 0. The SMILES string of the molecule is CCC[C@@H](C)C1CC[C@H]2[C@@H]3CC[C@@H]4C[C@H](C)CC[C@]4(C)[C@H]3CC(=O)[C@]12C. The average Bonchev–Trinajstić information content (AvgIpc) is 2.96. The monoisotopic (exact) mass is 358 g/mol. The summed E-state index contributed by atoms with van der Waals surface area (Å²) in [6.07, 6.45) is 13.2. The summed E-state index contributed by atoms with van der Waals surface area (Å²) in [5, 5.41) is 0. The molecular formula is C25H42O. The van der Waals surface area contributed by atoms with Gasteiger partial charge in [-0.2, -0.15) is 0 Å². The Kier molecular flexibility index (Phi) is 4.84. The molecule has 0 spiro atoms. The van der Waals surface area contributed by atoms with Crippen LogP contribution in [0.4, 0.5) is 0 Å². The first-order valence-electron chi connectivity index (χ1n) is 11.9. The molecule has 4 aliphatic carbocycles. The van der Waals surface area contributed by atoms with E-state index in [9.17, 15) is 4.79 Å². The van der Waals surface area contributed by atoms with E-state index < -0.39 is 0 Å². The highest BCUT2D eigenvalue weighted by Crippen LogP contribution is 2.67. The number of Topliss-reactive ketones (excluding diaryl/α,β-unsaturated/α-hetero) is 1. The molecule has 0 amide bonds. The molecule has 0 bridgehead atoms. The lowest BCUT2D eigenvalue weighted by Crippen LogP contribution is -2.57. The Hall–Kier alpha value is -0.330. The van der Waals surface area contributed by atoms with E-state index in [0.717, 1.165) is 30.1 Å². The highest BCUT2D eigenvalue weighted by Gasteiger charge is 2.63. The molecule has 0 aromatic rings. The van der Waals surface area contributed by atoms with E-state index in [1.807, 2.05) is 0 Å². The van der Waals surface area contributed by atoms with E-state index in [-0.39, 0.29) is 5.41 Å². The Morgan fingerprint density at radius 3 is 2.58 bits per heavy atom. The van der Waals surface area contributed by atoms with Gasteiger partial charge in [0, 0.05) is 11.8 Å². The third-order valence-electron chi connectivity index (χ3n) is 10.3. The normalized spacial score (nSPS) is 52.1. The first kappa shape index (κ1) is 19.0. The van der Waals surface area contributed by atoms with E-state index in [1.165, 1.54) is 57.8 Å². The van der Waals surface area contributed by atoms with Crippen molar-refractivity contribution in [1.82, 2.24) is 0 Å². The molecule has 0 aromatic heterocycles. The van der Waals surface area contributed by atoms with Crippen LogP contribution >= 0.6 is 0 Å². The molecular weight excluding hydrogens is 316 g/mol. The zero-order valence-corrected chi connectivity index (χ0v) is 18.0. The van der Waals surface area contributed by atoms with Crippen LogP contribution in [0, 0.1) is 52.3 Å². The third-order valence-corrected chi connectivity index (χ3v) is 10.3. The van der Waals surface area contributed by atoms with Crippen LogP contribution in [-0.2, 0) is 4.79 Å². The van der Waals surface area contributed by atoms with Crippen molar-refractivity contribution < 1.29 is 4.79 Å². The van der Waals surface area contributed by atoms with Crippen LogP contribution in [-0.4, -0.2) is 5.78 Å². The smallest absolute Gasteiger partial charge is 0.139 e. The van der Waals surface area contributed by atoms with E-state index in [4.69, 9.17) is 0 Å². The summed E-state index contributed by atoms with van der Waals surface area (Å²) in [6.45, 7) is 12.2. The minimum atomic E-state index is 0.000901. The standard InChI is InChI=1S/C25H42O/c1-6-7-17(3)20-10-11-21-19-9-8-18-14-16(2)12-13-24(18,4)22(19)15-23(26)25(20,21)5/h16-22H,6-15H2,1-5H3/t16-,17-,18-,19+,20?,21+,22+,24+,25-/m1/s1. The van der Waals surface area contributed by atoms with E-state index in [2.05, 4.69) is 34.6 Å². The molecule has 1 nitrogen and oxygen atoms in total. The number of carbonyl (C=O) groups excluding carboxylic acids is 1. The van der Waals surface area contributed by atoms with Gasteiger partial charge in [0.25, 0.3) is 0 Å². The second-order valence-electron chi connectivity index (χ2n) is 11.4. The fourth-order valence-electron chi connectivity index (χ4n) is 8.78. The summed E-state index contributed by atoms with van der Waals surface area (Å²) in [4.78, 5) is 13.7. The van der Waals surface area contributed by atoms with Gasteiger partial charge in [-0.15, -0.1) is 0 Å². The molecule has 148 valence electrons.